The van der Waals surface area contributed by atoms with Crippen LogP contribution in [0.2, 0.25) is 0 Å². The first-order valence-electron chi connectivity index (χ1n) is 22.4. The summed E-state index contributed by atoms with van der Waals surface area (Å²) in [6.07, 6.45) is 3.64. The fraction of sp³-hybridized carbons (Fsp3) is 0.400. The molecule has 4 aliphatic heterocycles. The Labute approximate surface area is 376 Å². The molecule has 1 aliphatic carbocycles. The van der Waals surface area contributed by atoms with Gasteiger partial charge in [0.05, 0.1) is 50.5 Å². The van der Waals surface area contributed by atoms with Gasteiger partial charge in [-0.1, -0.05) is 62.4 Å². The summed E-state index contributed by atoms with van der Waals surface area (Å²) in [5, 5.41) is 7.69. The molecule has 1 unspecified atom stereocenters. The van der Waals surface area contributed by atoms with Crippen molar-refractivity contribution in [3.05, 3.63) is 102 Å². The number of H-pyrrole nitrogens is 1. The predicted octanol–water partition coefficient (Wildman–Crippen LogP) is 7.42. The summed E-state index contributed by atoms with van der Waals surface area (Å²) in [4.78, 5) is 70.3. The van der Waals surface area contributed by atoms with E-state index in [1.54, 1.807) is 18.2 Å². The van der Waals surface area contributed by atoms with E-state index >= 15 is 0 Å². The number of imidazole rings is 1. The van der Waals surface area contributed by atoms with Crippen LogP contribution in [0, 0.1) is 17.8 Å². The minimum absolute atomic E-state index is 0.0735. The summed E-state index contributed by atoms with van der Waals surface area (Å²) < 4.78 is 21.8. The number of nitrogens with one attached hydrogen (secondary N) is 3. The monoisotopic (exact) mass is 879 g/mol. The molecule has 15 nitrogen and oxygen atoms in total. The van der Waals surface area contributed by atoms with E-state index in [1.165, 1.54) is 14.2 Å². The van der Waals surface area contributed by atoms with E-state index in [4.69, 9.17) is 28.9 Å². The van der Waals surface area contributed by atoms with Gasteiger partial charge in [-0.3, -0.25) is 14.6 Å². The van der Waals surface area contributed by atoms with Crippen LogP contribution in [-0.2, 0) is 36.8 Å². The van der Waals surface area contributed by atoms with Crippen molar-refractivity contribution in [3.8, 4) is 28.1 Å². The Morgan fingerprint density at radius 2 is 1.68 bits per heavy atom. The third-order valence-corrected chi connectivity index (χ3v) is 13.9. The molecule has 5 aromatic rings. The Balaban J connectivity index is 0.883. The standard InChI is InChI=1S/C50H53N7O8/c1-26(2)44(54-49(60)63-4)48(59)57-40-18-31(40)19-41(57)38-20-35-34-21-43-36(17-29(34)12-14-37(35)52-38)33-13-11-30(16-32(33)25-65-43)39-22-51-46(53-39)42-15-27(24-62-3)23-56(42)47(58)45(55-50(61)64-5)28-9-7-6-8-10-28/h6-14,16-17,21-22,26-27,31,40-42,44-45H,15,18-20,23-25H2,1-5H3,(H,51,53)(H,54,60)(H,55,61)/t27-,31+,40+,41-,42-,44-,45?/m0/s1. The lowest BCUT2D eigenvalue weighted by atomic mass is 9.90. The maximum atomic E-state index is 14.3. The Bertz CT molecular complexity index is 2730. The second-order valence-corrected chi connectivity index (χ2v) is 18.2. The number of aliphatic imine (C=N–C) groups is 1. The minimum Gasteiger partial charge on any atom is -0.488 e. The van der Waals surface area contributed by atoms with Crippen LogP contribution in [0.5, 0.6) is 5.75 Å². The number of aromatic nitrogens is 2. The van der Waals surface area contributed by atoms with Crippen molar-refractivity contribution in [1.29, 1.82) is 0 Å². The van der Waals surface area contributed by atoms with Crippen LogP contribution in [0.1, 0.15) is 67.7 Å². The molecule has 1 saturated carbocycles. The molecule has 5 heterocycles. The Kier molecular flexibility index (Phi) is 11.0. The van der Waals surface area contributed by atoms with Gasteiger partial charge < -0.3 is 44.4 Å². The van der Waals surface area contributed by atoms with Crippen molar-refractivity contribution in [2.24, 2.45) is 22.7 Å². The third-order valence-electron chi connectivity index (χ3n) is 13.9. The van der Waals surface area contributed by atoms with Gasteiger partial charge in [0.25, 0.3) is 5.91 Å². The molecule has 2 saturated heterocycles. The van der Waals surface area contributed by atoms with Gasteiger partial charge in [-0.25, -0.2) is 14.6 Å². The molecule has 4 amide bonds. The number of ether oxygens (including phenoxy) is 4. The summed E-state index contributed by atoms with van der Waals surface area (Å²) in [6.45, 7) is 5.18. The van der Waals surface area contributed by atoms with E-state index < -0.39 is 24.3 Å². The average molecular weight is 880 g/mol. The molecule has 1 aromatic heterocycles. The largest absolute Gasteiger partial charge is 0.488 e. The zero-order chi connectivity index (χ0) is 45.1. The van der Waals surface area contributed by atoms with Crippen molar-refractivity contribution in [3.63, 3.8) is 0 Å². The normalized spacial score (nSPS) is 22.2. The maximum Gasteiger partial charge on any atom is 0.407 e. The van der Waals surface area contributed by atoms with Crippen LogP contribution in [0.25, 0.3) is 33.2 Å². The average Bonchev–Trinajstić information content (AvgIpc) is 3.79. The topological polar surface area (TPSA) is 177 Å². The van der Waals surface area contributed by atoms with E-state index in [0.717, 1.165) is 74.3 Å². The Morgan fingerprint density at radius 1 is 0.877 bits per heavy atom. The first-order chi connectivity index (χ1) is 31.5. The smallest absolute Gasteiger partial charge is 0.407 e. The van der Waals surface area contributed by atoms with Crippen LogP contribution in [0.3, 0.4) is 0 Å². The highest BCUT2D eigenvalue weighted by Crippen LogP contribution is 2.51. The Hall–Kier alpha value is -6.74. The first-order valence-corrected chi connectivity index (χ1v) is 22.4. The van der Waals surface area contributed by atoms with Crippen LogP contribution < -0.4 is 15.4 Å². The molecule has 3 N–H and O–H groups in total. The number of alkyl carbamates (subject to hydrolysis) is 2. The molecule has 4 aromatic carbocycles. The van der Waals surface area contributed by atoms with Gasteiger partial charge in [0.1, 0.15) is 30.3 Å². The number of likely N-dealkylation sites (tertiary alicyclic amines) is 2. The van der Waals surface area contributed by atoms with Gasteiger partial charge in [-0.15, -0.1) is 0 Å². The van der Waals surface area contributed by atoms with E-state index in [0.29, 0.717) is 49.9 Å². The van der Waals surface area contributed by atoms with Gasteiger partial charge in [-0.05, 0) is 94.0 Å². The molecule has 65 heavy (non-hydrogen) atoms. The SMILES string of the molecule is COC[C@H]1C[C@@H](c2ncc(-c3ccc4c(c3)COc3cc5c6c(ccc5cc3-4)N=C([C@@H]3C[C@H]4C[C@H]4N3C(=O)[C@@H](NC(=O)OC)C(C)C)C6)[nH]2)N(C(=O)C(NC(=O)OC)c2ccccc2)C1. The van der Waals surface area contributed by atoms with Crippen molar-refractivity contribution in [2.45, 2.75) is 76.3 Å². The van der Waals surface area contributed by atoms with Gasteiger partial charge in [0.2, 0.25) is 5.91 Å². The van der Waals surface area contributed by atoms with Crippen molar-refractivity contribution in [1.82, 2.24) is 30.4 Å². The zero-order valence-corrected chi connectivity index (χ0v) is 37.1. The number of amides is 4. The summed E-state index contributed by atoms with van der Waals surface area (Å²) in [6, 6.07) is 22.1. The molecule has 336 valence electrons. The third kappa shape index (κ3) is 7.74. The van der Waals surface area contributed by atoms with Gasteiger partial charge in [-0.2, -0.15) is 0 Å². The highest BCUT2D eigenvalue weighted by atomic mass is 16.5. The number of aromatic amines is 1. The molecule has 0 radical (unpaired) electrons. The quantitative estimate of drug-likeness (QED) is 0.122. The molecule has 5 aliphatic rings. The number of benzene rings is 4. The van der Waals surface area contributed by atoms with Crippen LogP contribution in [0.15, 0.2) is 84.0 Å². The molecule has 0 bridgehead atoms. The fourth-order valence-electron chi connectivity index (χ4n) is 10.5. The zero-order valence-electron chi connectivity index (χ0n) is 37.1. The maximum absolute atomic E-state index is 14.3. The minimum atomic E-state index is -0.943. The van der Waals surface area contributed by atoms with Crippen molar-refractivity contribution in [2.75, 3.05) is 34.5 Å². The first kappa shape index (κ1) is 42.2. The van der Waals surface area contributed by atoms with Gasteiger partial charge in [0.15, 0.2) is 0 Å². The molecular formula is C50H53N7O8. The molecule has 10 rings (SSSR count). The van der Waals surface area contributed by atoms with E-state index in [1.807, 2.05) is 49.1 Å². The predicted molar refractivity (Wildman–Crippen MR) is 243 cm³/mol. The number of carbonyl (C=O) groups excluding carboxylic acids is 4. The molecular weight excluding hydrogens is 827 g/mol. The number of carbonyl (C=O) groups is 4. The number of hydrogen-bond acceptors (Lipinski definition) is 10. The van der Waals surface area contributed by atoms with E-state index in [-0.39, 0.29) is 41.8 Å². The summed E-state index contributed by atoms with van der Waals surface area (Å²) in [5.74, 6) is 1.55. The summed E-state index contributed by atoms with van der Waals surface area (Å²) in [5.41, 5.74) is 8.59. The second kappa shape index (κ2) is 17.0. The van der Waals surface area contributed by atoms with Gasteiger partial charge in [0, 0.05) is 43.3 Å². The molecule has 3 fully saturated rings. The van der Waals surface area contributed by atoms with E-state index in [9.17, 15) is 19.2 Å². The lowest BCUT2D eigenvalue weighted by molar-refractivity contribution is -0.135. The highest BCUT2D eigenvalue weighted by Gasteiger charge is 2.56. The molecule has 7 atom stereocenters. The van der Waals surface area contributed by atoms with Gasteiger partial charge >= 0.3 is 12.2 Å². The number of piperidine rings is 1. The molecule has 15 heteroatoms. The van der Waals surface area contributed by atoms with Crippen LogP contribution >= 0.6 is 0 Å². The number of rotatable bonds is 11. The lowest BCUT2D eigenvalue weighted by Crippen LogP contribution is -2.55. The van der Waals surface area contributed by atoms with Crippen LogP contribution in [0.4, 0.5) is 15.3 Å². The van der Waals surface area contributed by atoms with Crippen molar-refractivity contribution >= 4 is 46.2 Å². The van der Waals surface area contributed by atoms with E-state index in [2.05, 4.69) is 58.1 Å². The molecule has 0 spiro atoms. The van der Waals surface area contributed by atoms with Crippen molar-refractivity contribution < 1.29 is 38.1 Å². The lowest BCUT2D eigenvalue weighted by Gasteiger charge is -2.33. The number of hydrogen-bond donors (Lipinski definition) is 3. The Morgan fingerprint density at radius 3 is 2.45 bits per heavy atom. The summed E-state index contributed by atoms with van der Waals surface area (Å²) >= 11 is 0. The number of fused-ring (bicyclic) bond motifs is 7. The highest BCUT2D eigenvalue weighted by molar-refractivity contribution is 6.07. The fourth-order valence-corrected chi connectivity index (χ4v) is 10.5. The second-order valence-electron chi connectivity index (χ2n) is 18.2. The number of nitrogens with zero attached hydrogens (tertiary/aromatic N) is 4. The summed E-state index contributed by atoms with van der Waals surface area (Å²) in [7, 11) is 4.24. The number of methoxy groups -OCH3 is 3. The van der Waals surface area contributed by atoms with Crippen LogP contribution in [-0.4, -0.2) is 102 Å².